The quantitative estimate of drug-likeness (QED) is 0.389. The Morgan fingerprint density at radius 1 is 1.16 bits per heavy atom. The Morgan fingerprint density at radius 2 is 1.82 bits per heavy atom. The molecule has 0 spiro atoms. The topological polar surface area (TPSA) is 114 Å². The highest BCUT2D eigenvalue weighted by Gasteiger charge is 2.48. The van der Waals surface area contributed by atoms with E-state index in [9.17, 15) is 19.2 Å². The molecular formula is C29H45N3O6. The summed E-state index contributed by atoms with van der Waals surface area (Å²) in [6, 6.07) is 5.56. The molecule has 1 aliphatic carbocycles. The van der Waals surface area contributed by atoms with Crippen LogP contribution in [0.4, 0.5) is 4.79 Å². The molecule has 2 N–H and O–H groups in total. The van der Waals surface area contributed by atoms with Gasteiger partial charge in [-0.1, -0.05) is 50.6 Å². The third kappa shape index (κ3) is 9.65. The van der Waals surface area contributed by atoms with Gasteiger partial charge in [-0.15, -0.1) is 0 Å². The molecule has 38 heavy (non-hydrogen) atoms. The second kappa shape index (κ2) is 13.6. The normalized spacial score (nSPS) is 18.2. The Hall–Kier alpha value is -3.10. The van der Waals surface area contributed by atoms with Crippen LogP contribution in [0.2, 0.25) is 0 Å². The minimum atomic E-state index is -0.922. The summed E-state index contributed by atoms with van der Waals surface area (Å²) in [5, 5.41) is 5.59. The first-order valence-electron chi connectivity index (χ1n) is 13.5. The first-order valence-corrected chi connectivity index (χ1v) is 13.5. The fraction of sp³-hybridized carbons (Fsp3) is 0.655. The van der Waals surface area contributed by atoms with Crippen LogP contribution in [0.5, 0.6) is 0 Å². The van der Waals surface area contributed by atoms with Gasteiger partial charge in [-0.25, -0.2) is 4.79 Å². The van der Waals surface area contributed by atoms with Crippen LogP contribution in [0.3, 0.4) is 0 Å². The molecule has 0 heterocycles. The van der Waals surface area contributed by atoms with E-state index >= 15 is 0 Å². The molecule has 2 rings (SSSR count). The summed E-state index contributed by atoms with van der Waals surface area (Å²) >= 11 is 0. The second-order valence-corrected chi connectivity index (χ2v) is 11.5. The van der Waals surface area contributed by atoms with Gasteiger partial charge in [0.2, 0.25) is 11.8 Å². The SMILES string of the molecule is CCOC(=O)CCNC(=O)C(c1cccc(C)c1)N(C(=O)C(CC(C)C)NC(=O)OC(C)(C)C)C1CC1C. The van der Waals surface area contributed by atoms with E-state index in [1.165, 1.54) is 0 Å². The number of benzene rings is 1. The van der Waals surface area contributed by atoms with Crippen molar-refractivity contribution in [1.29, 1.82) is 0 Å². The highest BCUT2D eigenvalue weighted by atomic mass is 16.6. The van der Waals surface area contributed by atoms with E-state index in [0.29, 0.717) is 12.0 Å². The maximum atomic E-state index is 14.2. The minimum absolute atomic E-state index is 0.0318. The van der Waals surface area contributed by atoms with Crippen LogP contribution in [-0.2, 0) is 23.9 Å². The highest BCUT2D eigenvalue weighted by Crippen LogP contribution is 2.41. The molecule has 1 saturated carbocycles. The molecule has 3 amide bonds. The Balaban J connectivity index is 2.42. The number of esters is 1. The number of nitrogens with one attached hydrogen (secondary N) is 2. The van der Waals surface area contributed by atoms with E-state index in [-0.39, 0.29) is 49.3 Å². The summed E-state index contributed by atoms with van der Waals surface area (Å²) in [4.78, 5) is 54.0. The molecule has 0 aromatic heterocycles. The number of amides is 3. The highest BCUT2D eigenvalue weighted by molar-refractivity contribution is 5.92. The Morgan fingerprint density at radius 3 is 2.34 bits per heavy atom. The van der Waals surface area contributed by atoms with E-state index in [1.807, 2.05) is 52.0 Å². The zero-order valence-corrected chi connectivity index (χ0v) is 24.1. The largest absolute Gasteiger partial charge is 0.466 e. The van der Waals surface area contributed by atoms with Crippen molar-refractivity contribution in [2.24, 2.45) is 11.8 Å². The molecule has 9 nitrogen and oxygen atoms in total. The number of alkyl carbamates (subject to hydrolysis) is 1. The number of aryl methyl sites for hydroxylation is 1. The fourth-order valence-electron chi connectivity index (χ4n) is 4.39. The van der Waals surface area contributed by atoms with Crippen molar-refractivity contribution in [3.05, 3.63) is 35.4 Å². The standard InChI is InChI=1S/C29H45N3O6/c1-9-37-24(33)13-14-30-26(34)25(21-12-10-11-19(4)16-21)32(23-17-20(23)5)27(35)22(15-18(2)3)31-28(36)38-29(6,7)8/h10-12,16,18,20,22-23,25H,9,13-15,17H2,1-8H3,(H,30,34)(H,31,36). The Bertz CT molecular complexity index is 987. The summed E-state index contributed by atoms with van der Waals surface area (Å²) in [6.07, 6.45) is 0.502. The average molecular weight is 532 g/mol. The lowest BCUT2D eigenvalue weighted by Crippen LogP contribution is -2.54. The van der Waals surface area contributed by atoms with E-state index < -0.39 is 29.7 Å². The van der Waals surface area contributed by atoms with Crippen LogP contribution >= 0.6 is 0 Å². The van der Waals surface area contributed by atoms with E-state index in [4.69, 9.17) is 9.47 Å². The van der Waals surface area contributed by atoms with Crippen molar-refractivity contribution in [2.45, 2.75) is 98.4 Å². The molecule has 4 unspecified atom stereocenters. The van der Waals surface area contributed by atoms with Gasteiger partial charge in [0, 0.05) is 12.6 Å². The van der Waals surface area contributed by atoms with Crippen LogP contribution in [0.25, 0.3) is 0 Å². The summed E-state index contributed by atoms with van der Waals surface area (Å²) in [6.45, 7) is 15.3. The van der Waals surface area contributed by atoms with E-state index in [1.54, 1.807) is 32.6 Å². The first-order chi connectivity index (χ1) is 17.7. The maximum Gasteiger partial charge on any atom is 0.408 e. The molecule has 1 aliphatic rings. The molecule has 9 heteroatoms. The van der Waals surface area contributed by atoms with Crippen molar-refractivity contribution in [2.75, 3.05) is 13.2 Å². The molecule has 0 saturated heterocycles. The van der Waals surface area contributed by atoms with Crippen LogP contribution in [0, 0.1) is 18.8 Å². The van der Waals surface area contributed by atoms with Gasteiger partial charge in [-0.05, 0) is 64.9 Å². The van der Waals surface area contributed by atoms with Gasteiger partial charge in [0.15, 0.2) is 0 Å². The van der Waals surface area contributed by atoms with Gasteiger partial charge >= 0.3 is 12.1 Å². The predicted molar refractivity (Wildman–Crippen MR) is 145 cm³/mol. The summed E-state index contributed by atoms with van der Waals surface area (Å²) in [7, 11) is 0. The van der Waals surface area contributed by atoms with Gasteiger partial charge in [-0.2, -0.15) is 0 Å². The molecule has 0 radical (unpaired) electrons. The van der Waals surface area contributed by atoms with Crippen molar-refractivity contribution in [3.63, 3.8) is 0 Å². The average Bonchev–Trinajstić information content (AvgIpc) is 3.50. The first kappa shape index (κ1) is 31.1. The molecule has 1 aromatic carbocycles. The van der Waals surface area contributed by atoms with Crippen LogP contribution in [0.1, 0.15) is 84.9 Å². The zero-order chi connectivity index (χ0) is 28.6. The summed E-state index contributed by atoms with van der Waals surface area (Å²) in [5.74, 6) is -0.797. The van der Waals surface area contributed by atoms with Gasteiger partial charge in [-0.3, -0.25) is 14.4 Å². The van der Waals surface area contributed by atoms with Crippen molar-refractivity contribution >= 4 is 23.9 Å². The third-order valence-corrected chi connectivity index (χ3v) is 6.19. The molecule has 0 aliphatic heterocycles. The van der Waals surface area contributed by atoms with E-state index in [0.717, 1.165) is 12.0 Å². The lowest BCUT2D eigenvalue weighted by molar-refractivity contribution is -0.145. The molecule has 1 aromatic rings. The monoisotopic (exact) mass is 531 g/mol. The number of nitrogens with zero attached hydrogens (tertiary/aromatic N) is 1. The fourth-order valence-corrected chi connectivity index (χ4v) is 4.39. The molecular weight excluding hydrogens is 486 g/mol. The van der Waals surface area contributed by atoms with E-state index in [2.05, 4.69) is 10.6 Å². The van der Waals surface area contributed by atoms with Crippen molar-refractivity contribution in [1.82, 2.24) is 15.5 Å². The number of ether oxygens (including phenoxy) is 2. The third-order valence-electron chi connectivity index (χ3n) is 6.19. The Labute approximate surface area is 227 Å². The second-order valence-electron chi connectivity index (χ2n) is 11.5. The zero-order valence-electron chi connectivity index (χ0n) is 24.1. The Kier molecular flexibility index (Phi) is 11.2. The molecule has 212 valence electrons. The molecule has 1 fully saturated rings. The number of rotatable bonds is 12. The van der Waals surface area contributed by atoms with Gasteiger partial charge in [0.05, 0.1) is 13.0 Å². The van der Waals surface area contributed by atoms with Crippen molar-refractivity contribution in [3.8, 4) is 0 Å². The summed E-state index contributed by atoms with van der Waals surface area (Å²) < 4.78 is 10.4. The van der Waals surface area contributed by atoms with Crippen LogP contribution in [0.15, 0.2) is 24.3 Å². The van der Waals surface area contributed by atoms with Gasteiger partial charge in [0.1, 0.15) is 17.7 Å². The van der Waals surface area contributed by atoms with Crippen molar-refractivity contribution < 1.29 is 28.7 Å². The number of carbonyl (C=O) groups excluding carboxylic acids is 4. The predicted octanol–water partition coefficient (Wildman–Crippen LogP) is 4.28. The summed E-state index contributed by atoms with van der Waals surface area (Å²) in [5.41, 5.74) is 0.906. The lowest BCUT2D eigenvalue weighted by atomic mass is 9.98. The van der Waals surface area contributed by atoms with Gasteiger partial charge < -0.3 is 25.0 Å². The molecule has 0 bridgehead atoms. The number of hydrogen-bond donors (Lipinski definition) is 2. The number of carbonyl (C=O) groups is 4. The number of hydrogen-bond acceptors (Lipinski definition) is 6. The van der Waals surface area contributed by atoms with Crippen LogP contribution < -0.4 is 10.6 Å². The smallest absolute Gasteiger partial charge is 0.408 e. The van der Waals surface area contributed by atoms with Crippen LogP contribution in [-0.4, -0.2) is 59.6 Å². The maximum absolute atomic E-state index is 14.2. The lowest BCUT2D eigenvalue weighted by Gasteiger charge is -2.35. The van der Waals surface area contributed by atoms with Gasteiger partial charge in [0.25, 0.3) is 0 Å². The minimum Gasteiger partial charge on any atom is -0.466 e. The molecule has 4 atom stereocenters.